The molecule has 16 heavy (non-hydrogen) atoms. The Labute approximate surface area is 105 Å². The molecule has 2 unspecified atom stereocenters. The molecule has 1 N–H and O–H groups in total. The molecule has 2 fully saturated rings. The van der Waals surface area contributed by atoms with Crippen molar-refractivity contribution in [3.8, 4) is 0 Å². The highest BCUT2D eigenvalue weighted by Crippen LogP contribution is 2.36. The van der Waals surface area contributed by atoms with E-state index < -0.39 is 0 Å². The highest BCUT2D eigenvalue weighted by atomic mass is 32.2. The maximum absolute atomic E-state index is 3.80. The monoisotopic (exact) mass is 241 g/mol. The van der Waals surface area contributed by atoms with E-state index in [1.165, 1.54) is 57.2 Å². The summed E-state index contributed by atoms with van der Waals surface area (Å²) in [5, 5.41) is 4.76. The van der Waals surface area contributed by atoms with Gasteiger partial charge in [0.05, 0.1) is 0 Å². The molecule has 2 heteroatoms. The smallest absolute Gasteiger partial charge is 0.0205 e. The van der Waals surface area contributed by atoms with E-state index >= 15 is 0 Å². The third kappa shape index (κ3) is 2.95. The summed E-state index contributed by atoms with van der Waals surface area (Å²) in [7, 11) is 0. The average Bonchev–Trinajstić information content (AvgIpc) is 2.78. The van der Waals surface area contributed by atoms with Crippen LogP contribution in [0.2, 0.25) is 0 Å². The lowest BCUT2D eigenvalue weighted by molar-refractivity contribution is 0.244. The molecule has 94 valence electrons. The van der Waals surface area contributed by atoms with E-state index in [4.69, 9.17) is 0 Å². The molecular weight excluding hydrogens is 214 g/mol. The number of nitrogens with one attached hydrogen (secondary N) is 1. The molecule has 2 saturated heterocycles. The van der Waals surface area contributed by atoms with Gasteiger partial charge in [0.2, 0.25) is 0 Å². The number of hydrogen-bond acceptors (Lipinski definition) is 2. The van der Waals surface area contributed by atoms with Gasteiger partial charge in [-0.1, -0.05) is 20.3 Å². The molecule has 0 aromatic heterocycles. The van der Waals surface area contributed by atoms with Crippen LogP contribution in [0.1, 0.15) is 58.8 Å². The Hall–Kier alpha value is 0.310. The van der Waals surface area contributed by atoms with Gasteiger partial charge >= 0.3 is 0 Å². The summed E-state index contributed by atoms with van der Waals surface area (Å²) in [4.78, 5) is 0. The van der Waals surface area contributed by atoms with Gasteiger partial charge in [-0.15, -0.1) is 0 Å². The van der Waals surface area contributed by atoms with Gasteiger partial charge in [0, 0.05) is 10.8 Å². The molecule has 0 saturated carbocycles. The van der Waals surface area contributed by atoms with E-state index in [1.807, 2.05) is 0 Å². The predicted octanol–water partition coefficient (Wildman–Crippen LogP) is 3.83. The molecule has 2 heterocycles. The Kier molecular flexibility index (Phi) is 4.60. The van der Waals surface area contributed by atoms with Crippen LogP contribution in [0.25, 0.3) is 0 Å². The fraction of sp³-hybridized carbons (Fsp3) is 1.00. The zero-order chi connectivity index (χ0) is 11.4. The van der Waals surface area contributed by atoms with Gasteiger partial charge in [-0.3, -0.25) is 0 Å². The SMILES string of the molecule is CC(C)C1(CCC2CCCCS2)CCCN1. The van der Waals surface area contributed by atoms with Crippen LogP contribution in [0.15, 0.2) is 0 Å². The van der Waals surface area contributed by atoms with Gasteiger partial charge in [-0.25, -0.2) is 0 Å². The Morgan fingerprint density at radius 1 is 1.31 bits per heavy atom. The lowest BCUT2D eigenvalue weighted by Gasteiger charge is -2.36. The first-order valence-electron chi connectivity index (χ1n) is 7.09. The normalized spacial score (nSPS) is 35.8. The van der Waals surface area contributed by atoms with Gasteiger partial charge in [0.15, 0.2) is 0 Å². The number of hydrogen-bond donors (Lipinski definition) is 1. The maximum atomic E-state index is 3.80. The first-order chi connectivity index (χ1) is 7.73. The van der Waals surface area contributed by atoms with E-state index in [0.717, 1.165) is 11.2 Å². The Balaban J connectivity index is 1.81. The van der Waals surface area contributed by atoms with Crippen LogP contribution < -0.4 is 5.32 Å². The van der Waals surface area contributed by atoms with Crippen molar-refractivity contribution in [3.63, 3.8) is 0 Å². The second kappa shape index (κ2) is 5.77. The summed E-state index contributed by atoms with van der Waals surface area (Å²) in [6.45, 7) is 6.04. The Morgan fingerprint density at radius 2 is 2.19 bits per heavy atom. The fourth-order valence-corrected chi connectivity index (χ4v) is 4.60. The van der Waals surface area contributed by atoms with Crippen molar-refractivity contribution in [2.45, 2.75) is 69.6 Å². The molecule has 0 bridgehead atoms. The minimum absolute atomic E-state index is 0.484. The predicted molar refractivity (Wildman–Crippen MR) is 74.1 cm³/mol. The van der Waals surface area contributed by atoms with Crippen molar-refractivity contribution in [1.29, 1.82) is 0 Å². The van der Waals surface area contributed by atoms with Crippen LogP contribution >= 0.6 is 11.8 Å². The highest BCUT2D eigenvalue weighted by Gasteiger charge is 2.36. The summed E-state index contributed by atoms with van der Waals surface area (Å²) < 4.78 is 0. The minimum Gasteiger partial charge on any atom is -0.311 e. The van der Waals surface area contributed by atoms with Crippen LogP contribution in [-0.2, 0) is 0 Å². The third-order valence-electron chi connectivity index (χ3n) is 4.57. The van der Waals surface area contributed by atoms with Gasteiger partial charge in [0.1, 0.15) is 0 Å². The zero-order valence-electron chi connectivity index (χ0n) is 10.9. The van der Waals surface area contributed by atoms with Crippen LogP contribution in [-0.4, -0.2) is 23.1 Å². The average molecular weight is 241 g/mol. The molecule has 2 atom stereocenters. The van der Waals surface area contributed by atoms with E-state index in [-0.39, 0.29) is 0 Å². The molecule has 2 aliphatic heterocycles. The van der Waals surface area contributed by atoms with Crippen LogP contribution in [0.4, 0.5) is 0 Å². The minimum atomic E-state index is 0.484. The van der Waals surface area contributed by atoms with Crippen LogP contribution in [0.3, 0.4) is 0 Å². The summed E-state index contributed by atoms with van der Waals surface area (Å²) >= 11 is 2.23. The quantitative estimate of drug-likeness (QED) is 0.803. The van der Waals surface area contributed by atoms with Crippen molar-refractivity contribution in [3.05, 3.63) is 0 Å². The summed E-state index contributed by atoms with van der Waals surface area (Å²) in [5.41, 5.74) is 0.484. The molecule has 1 nitrogen and oxygen atoms in total. The van der Waals surface area contributed by atoms with Crippen molar-refractivity contribution in [1.82, 2.24) is 5.32 Å². The fourth-order valence-electron chi connectivity index (χ4n) is 3.28. The van der Waals surface area contributed by atoms with Crippen LogP contribution in [0, 0.1) is 5.92 Å². The second-order valence-electron chi connectivity index (χ2n) is 5.87. The van der Waals surface area contributed by atoms with Crippen molar-refractivity contribution in [2.24, 2.45) is 5.92 Å². The van der Waals surface area contributed by atoms with Crippen molar-refractivity contribution in [2.75, 3.05) is 12.3 Å². The third-order valence-corrected chi connectivity index (χ3v) is 6.04. The van der Waals surface area contributed by atoms with Gasteiger partial charge < -0.3 is 5.32 Å². The number of thioether (sulfide) groups is 1. The molecule has 2 rings (SSSR count). The second-order valence-corrected chi connectivity index (χ2v) is 7.28. The van der Waals surface area contributed by atoms with Gasteiger partial charge in [-0.2, -0.15) is 11.8 Å². The molecule has 0 aromatic rings. The summed E-state index contributed by atoms with van der Waals surface area (Å²) in [6.07, 6.45) is 10.0. The molecular formula is C14H27NS. The molecule has 0 aliphatic carbocycles. The largest absolute Gasteiger partial charge is 0.311 e. The first kappa shape index (κ1) is 12.8. The van der Waals surface area contributed by atoms with E-state index in [9.17, 15) is 0 Å². The number of rotatable bonds is 4. The van der Waals surface area contributed by atoms with Gasteiger partial charge in [0.25, 0.3) is 0 Å². The summed E-state index contributed by atoms with van der Waals surface area (Å²) in [6, 6.07) is 0. The lowest BCUT2D eigenvalue weighted by Crippen LogP contribution is -2.45. The van der Waals surface area contributed by atoms with Crippen molar-refractivity contribution >= 4 is 11.8 Å². The van der Waals surface area contributed by atoms with Crippen LogP contribution in [0.5, 0.6) is 0 Å². The standard InChI is InChI=1S/C14H27NS/c1-12(2)14(8-5-10-15-14)9-7-13-6-3-4-11-16-13/h12-13,15H,3-11H2,1-2H3. The van der Waals surface area contributed by atoms with E-state index in [2.05, 4.69) is 30.9 Å². The van der Waals surface area contributed by atoms with E-state index in [1.54, 1.807) is 0 Å². The van der Waals surface area contributed by atoms with Gasteiger partial charge in [-0.05, 0) is 56.7 Å². The molecule has 0 amide bonds. The lowest BCUT2D eigenvalue weighted by atomic mass is 9.80. The molecule has 2 aliphatic rings. The van der Waals surface area contributed by atoms with Crippen molar-refractivity contribution < 1.29 is 0 Å². The topological polar surface area (TPSA) is 12.0 Å². The maximum Gasteiger partial charge on any atom is 0.0205 e. The van der Waals surface area contributed by atoms with E-state index in [0.29, 0.717) is 5.54 Å². The first-order valence-corrected chi connectivity index (χ1v) is 8.14. The zero-order valence-corrected chi connectivity index (χ0v) is 11.7. The highest BCUT2D eigenvalue weighted by molar-refractivity contribution is 7.99. The molecule has 0 spiro atoms. The Morgan fingerprint density at radius 3 is 2.75 bits per heavy atom. The molecule has 0 radical (unpaired) electrons. The Bertz CT molecular complexity index is 203. The molecule has 0 aromatic carbocycles. The summed E-state index contributed by atoms with van der Waals surface area (Å²) in [5.74, 6) is 2.20.